The summed E-state index contributed by atoms with van der Waals surface area (Å²) in [5.41, 5.74) is 1.59. The van der Waals surface area contributed by atoms with E-state index in [1.165, 1.54) is 6.07 Å². The number of alkyl halides is 3. The van der Waals surface area contributed by atoms with Gasteiger partial charge in [-0.1, -0.05) is 35.9 Å². The van der Waals surface area contributed by atoms with E-state index >= 15 is 0 Å². The molecule has 3 rings (SSSR count). The average Bonchev–Trinajstić information content (AvgIpc) is 2.70. The van der Waals surface area contributed by atoms with Crippen molar-refractivity contribution >= 4 is 28.3 Å². The highest BCUT2D eigenvalue weighted by molar-refractivity contribution is 6.31. The van der Waals surface area contributed by atoms with Gasteiger partial charge in [0.2, 0.25) is 5.91 Å². The van der Waals surface area contributed by atoms with Gasteiger partial charge in [0.15, 0.2) is 6.04 Å². The molecular formula is C17H16ClF3N2O. The van der Waals surface area contributed by atoms with Gasteiger partial charge in [-0.05, 0) is 42.3 Å². The lowest BCUT2D eigenvalue weighted by Gasteiger charge is -2.30. The maximum atomic E-state index is 13.8. The zero-order valence-corrected chi connectivity index (χ0v) is 13.9. The van der Waals surface area contributed by atoms with Crippen molar-refractivity contribution in [1.82, 2.24) is 10.4 Å². The average molecular weight is 357 g/mol. The number of carbonyl (C=O) groups is 1. The van der Waals surface area contributed by atoms with Gasteiger partial charge in [-0.15, -0.1) is 0 Å². The Labute approximate surface area is 142 Å². The van der Waals surface area contributed by atoms with E-state index < -0.39 is 23.5 Å². The Kier molecular flexibility index (Phi) is 4.00. The molecule has 1 atom stereocenters. The second kappa shape index (κ2) is 5.63. The van der Waals surface area contributed by atoms with Gasteiger partial charge in [-0.2, -0.15) is 13.2 Å². The van der Waals surface area contributed by atoms with Gasteiger partial charge in [-0.3, -0.25) is 10.2 Å². The molecule has 7 heteroatoms. The molecule has 3 nitrogen and oxygen atoms in total. The first-order valence-electron chi connectivity index (χ1n) is 7.42. The number of rotatable bonds is 2. The Morgan fingerprint density at radius 3 is 2.54 bits per heavy atom. The molecular weight excluding hydrogens is 341 g/mol. The highest BCUT2D eigenvalue weighted by Crippen LogP contribution is 2.42. The molecule has 24 heavy (non-hydrogen) atoms. The highest BCUT2D eigenvalue weighted by atomic mass is 35.5. The normalized spacial score (nSPS) is 19.5. The molecule has 0 unspecified atom stereocenters. The van der Waals surface area contributed by atoms with Crippen molar-refractivity contribution in [3.8, 4) is 0 Å². The van der Waals surface area contributed by atoms with E-state index in [2.05, 4.69) is 5.43 Å². The fraction of sp³-hybridized carbons (Fsp3) is 0.353. The van der Waals surface area contributed by atoms with E-state index in [4.69, 9.17) is 11.6 Å². The number of fused-ring (bicyclic) bond motifs is 1. The third-order valence-electron chi connectivity index (χ3n) is 4.22. The Hall–Kier alpha value is -1.79. The molecule has 2 aromatic carbocycles. The van der Waals surface area contributed by atoms with Crippen LogP contribution in [0.25, 0.3) is 10.8 Å². The van der Waals surface area contributed by atoms with Crippen molar-refractivity contribution < 1.29 is 18.0 Å². The molecule has 2 aromatic rings. The van der Waals surface area contributed by atoms with Crippen LogP contribution in [-0.4, -0.2) is 23.6 Å². The summed E-state index contributed by atoms with van der Waals surface area (Å²) in [7, 11) is 0. The van der Waals surface area contributed by atoms with Gasteiger partial charge in [0.05, 0.1) is 5.41 Å². The topological polar surface area (TPSA) is 32.3 Å². The van der Waals surface area contributed by atoms with E-state index in [1.807, 2.05) is 0 Å². The highest BCUT2D eigenvalue weighted by Gasteiger charge is 2.51. The number of benzene rings is 2. The van der Waals surface area contributed by atoms with Crippen molar-refractivity contribution in [3.05, 3.63) is 47.0 Å². The van der Waals surface area contributed by atoms with Crippen molar-refractivity contribution in [2.45, 2.75) is 26.1 Å². The van der Waals surface area contributed by atoms with E-state index in [0.29, 0.717) is 15.8 Å². The lowest BCUT2D eigenvalue weighted by molar-refractivity contribution is -0.191. The van der Waals surface area contributed by atoms with Crippen LogP contribution in [0.3, 0.4) is 0 Å². The lowest BCUT2D eigenvalue weighted by Crippen LogP contribution is -2.43. The maximum Gasteiger partial charge on any atom is 0.409 e. The smallest absolute Gasteiger partial charge is 0.287 e. The first-order chi connectivity index (χ1) is 11.1. The number of halogens is 4. The molecule has 0 bridgehead atoms. The summed E-state index contributed by atoms with van der Waals surface area (Å²) in [4.78, 5) is 11.9. The van der Waals surface area contributed by atoms with Crippen LogP contribution in [0, 0.1) is 5.41 Å². The fourth-order valence-electron chi connectivity index (χ4n) is 3.01. The van der Waals surface area contributed by atoms with Gasteiger partial charge in [0.1, 0.15) is 0 Å². The van der Waals surface area contributed by atoms with E-state index in [1.54, 1.807) is 44.2 Å². The monoisotopic (exact) mass is 356 g/mol. The predicted molar refractivity (Wildman–Crippen MR) is 86.4 cm³/mol. The summed E-state index contributed by atoms with van der Waals surface area (Å²) < 4.78 is 41.5. The van der Waals surface area contributed by atoms with Crippen LogP contribution in [0.5, 0.6) is 0 Å². The molecule has 128 valence electrons. The molecule has 1 aliphatic heterocycles. The standard InChI is InChI=1S/C17H16ClF3N2O/c1-16(2)9-23(22-15(16)24)14(17(19,20)21)13-5-3-4-10-8-11(18)6-7-12(10)13/h3-8,14H,9H2,1-2H3,(H,22,24)/t14-/m0/s1. The Morgan fingerprint density at radius 1 is 1.25 bits per heavy atom. The largest absolute Gasteiger partial charge is 0.409 e. The first kappa shape index (κ1) is 17.0. The summed E-state index contributed by atoms with van der Waals surface area (Å²) in [6.07, 6.45) is -4.54. The number of carbonyl (C=O) groups excluding carboxylic acids is 1. The second-order valence-corrected chi connectivity index (χ2v) is 7.05. The van der Waals surface area contributed by atoms with Crippen LogP contribution >= 0.6 is 11.6 Å². The van der Waals surface area contributed by atoms with Crippen LogP contribution in [0.15, 0.2) is 36.4 Å². The third kappa shape index (κ3) is 2.96. The van der Waals surface area contributed by atoms with E-state index in [0.717, 1.165) is 5.01 Å². The minimum atomic E-state index is -4.54. The summed E-state index contributed by atoms with van der Waals surface area (Å²) in [5.74, 6) is -0.417. The lowest BCUT2D eigenvalue weighted by atomic mass is 9.93. The quantitative estimate of drug-likeness (QED) is 0.861. The van der Waals surface area contributed by atoms with Crippen LogP contribution in [0.1, 0.15) is 25.5 Å². The number of nitrogens with zero attached hydrogens (tertiary/aromatic N) is 1. The minimum absolute atomic E-state index is 0.0278. The SMILES string of the molecule is CC1(C)CN([C@@H](c2cccc3cc(Cl)ccc23)C(F)(F)F)NC1=O. The Balaban J connectivity index is 2.13. The molecule has 1 heterocycles. The summed E-state index contributed by atoms with van der Waals surface area (Å²) in [6.45, 7) is 3.22. The number of hydrogen-bond acceptors (Lipinski definition) is 2. The van der Waals surface area contributed by atoms with Gasteiger partial charge >= 0.3 is 6.18 Å². The van der Waals surface area contributed by atoms with Gasteiger partial charge in [-0.25, -0.2) is 5.01 Å². The first-order valence-corrected chi connectivity index (χ1v) is 7.80. The maximum absolute atomic E-state index is 13.8. The van der Waals surface area contributed by atoms with Crippen LogP contribution in [0.4, 0.5) is 13.2 Å². The molecule has 0 aromatic heterocycles. The molecule has 0 saturated carbocycles. The number of amides is 1. The summed E-state index contributed by atoms with van der Waals surface area (Å²) in [5, 5.41) is 2.52. The summed E-state index contributed by atoms with van der Waals surface area (Å²) >= 11 is 5.93. The van der Waals surface area contributed by atoms with Crippen molar-refractivity contribution in [1.29, 1.82) is 0 Å². The second-order valence-electron chi connectivity index (χ2n) is 6.61. The van der Waals surface area contributed by atoms with Crippen LogP contribution < -0.4 is 5.43 Å². The van der Waals surface area contributed by atoms with Crippen molar-refractivity contribution in [2.75, 3.05) is 6.54 Å². The summed E-state index contributed by atoms with van der Waals surface area (Å²) in [6, 6.07) is 7.56. The van der Waals surface area contributed by atoms with Crippen LogP contribution in [-0.2, 0) is 4.79 Å². The van der Waals surface area contributed by atoms with Gasteiger partial charge in [0, 0.05) is 11.6 Å². The minimum Gasteiger partial charge on any atom is -0.287 e. The van der Waals surface area contributed by atoms with Crippen molar-refractivity contribution in [3.63, 3.8) is 0 Å². The molecule has 0 spiro atoms. The molecule has 1 amide bonds. The Morgan fingerprint density at radius 2 is 1.96 bits per heavy atom. The zero-order valence-electron chi connectivity index (χ0n) is 13.1. The zero-order chi connectivity index (χ0) is 17.7. The molecule has 1 saturated heterocycles. The van der Waals surface area contributed by atoms with Gasteiger partial charge < -0.3 is 0 Å². The van der Waals surface area contributed by atoms with Crippen molar-refractivity contribution in [2.24, 2.45) is 5.41 Å². The predicted octanol–water partition coefficient (Wildman–Crippen LogP) is 4.47. The number of hydrazine groups is 1. The molecule has 1 fully saturated rings. The molecule has 0 radical (unpaired) electrons. The van der Waals surface area contributed by atoms with E-state index in [-0.39, 0.29) is 12.1 Å². The third-order valence-corrected chi connectivity index (χ3v) is 4.45. The molecule has 0 aliphatic carbocycles. The number of nitrogens with one attached hydrogen (secondary N) is 1. The van der Waals surface area contributed by atoms with Crippen LogP contribution in [0.2, 0.25) is 5.02 Å². The molecule has 1 N–H and O–H groups in total. The van der Waals surface area contributed by atoms with Gasteiger partial charge in [0.25, 0.3) is 0 Å². The Bertz CT molecular complexity index is 804. The molecule has 1 aliphatic rings. The fourth-order valence-corrected chi connectivity index (χ4v) is 3.19. The number of hydrogen-bond donors (Lipinski definition) is 1. The van der Waals surface area contributed by atoms with E-state index in [9.17, 15) is 18.0 Å².